The fourth-order valence-electron chi connectivity index (χ4n) is 0.326. The number of rotatable bonds is 4. The minimum Gasteiger partial charge on any atom is -0.479 e. The quantitative estimate of drug-likeness (QED) is 0.553. The molecule has 0 fully saturated rings. The topological polar surface area (TPSA) is 112 Å². The highest BCUT2D eigenvalue weighted by Gasteiger charge is 2.07. The number of carbonyl (C=O) groups is 3. The fourth-order valence-corrected chi connectivity index (χ4v) is 0.326. The summed E-state index contributed by atoms with van der Waals surface area (Å²) in [5.74, 6) is -3.23. The monoisotopic (exact) mass is 206 g/mol. The predicted molar refractivity (Wildman–Crippen MR) is 46.9 cm³/mol. The second-order valence-electron chi connectivity index (χ2n) is 2.34. The third kappa shape index (κ3) is 8.66. The van der Waals surface area contributed by atoms with E-state index in [0.29, 0.717) is 0 Å². The highest BCUT2D eigenvalue weighted by molar-refractivity contribution is 6.32. The van der Waals surface area contributed by atoms with Crippen LogP contribution in [0, 0.1) is 0 Å². The first-order valence-electron chi connectivity index (χ1n) is 4.03. The van der Waals surface area contributed by atoms with E-state index < -0.39 is 23.8 Å². The molecule has 0 heterocycles. The van der Waals surface area contributed by atoms with Crippen molar-refractivity contribution in [3.05, 3.63) is 0 Å². The van der Waals surface area contributed by atoms with Crippen molar-refractivity contribution in [2.24, 2.45) is 0 Å². The lowest BCUT2D eigenvalue weighted by atomic mass is 10.3. The summed E-state index contributed by atoms with van der Waals surface area (Å²) in [6.45, 7) is 3.12. The van der Waals surface area contributed by atoms with Gasteiger partial charge in [-0.2, -0.15) is 0 Å². The van der Waals surface area contributed by atoms with Gasteiger partial charge in [-0.05, 0) is 6.42 Å². The molecule has 0 spiro atoms. The lowest BCUT2D eigenvalue weighted by Gasteiger charge is -1.95. The number of carboxylic acid groups (broad SMARTS) is 2. The van der Waals surface area contributed by atoms with Crippen LogP contribution in [0.3, 0.4) is 0 Å². The number of Topliss-reactive ketones (excluding diaryl/α,β-unsaturated/α-hetero) is 1. The Hall–Kier alpha value is -1.43. The summed E-state index contributed by atoms with van der Waals surface area (Å²) in [5, 5.41) is 24.1. The lowest BCUT2D eigenvalue weighted by Crippen LogP contribution is -2.17. The maximum absolute atomic E-state index is 9.91. The van der Waals surface area contributed by atoms with E-state index in [-0.39, 0.29) is 12.8 Å². The number of hydrogen-bond acceptors (Lipinski definition) is 4. The molecule has 0 saturated heterocycles. The molecule has 0 rings (SSSR count). The van der Waals surface area contributed by atoms with E-state index in [9.17, 15) is 14.4 Å². The zero-order valence-corrected chi connectivity index (χ0v) is 8.06. The fraction of sp³-hybridized carbons (Fsp3) is 0.625. The van der Waals surface area contributed by atoms with Gasteiger partial charge in [0.25, 0.3) is 0 Å². The Kier molecular flexibility index (Phi) is 8.80. The van der Waals surface area contributed by atoms with Gasteiger partial charge in [0.2, 0.25) is 5.78 Å². The van der Waals surface area contributed by atoms with E-state index in [1.54, 1.807) is 6.92 Å². The molecule has 0 aliphatic rings. The molecule has 0 aromatic heterocycles. The molecule has 6 heteroatoms. The van der Waals surface area contributed by atoms with Gasteiger partial charge in [0.15, 0.2) is 6.10 Å². The van der Waals surface area contributed by atoms with Crippen molar-refractivity contribution in [3.8, 4) is 0 Å². The van der Waals surface area contributed by atoms with Crippen LogP contribution in [0.5, 0.6) is 0 Å². The second kappa shape index (κ2) is 8.18. The van der Waals surface area contributed by atoms with Crippen LogP contribution in [0.1, 0.15) is 26.7 Å². The number of aliphatic hydroxyl groups excluding tert-OH is 1. The van der Waals surface area contributed by atoms with Crippen molar-refractivity contribution >= 4 is 17.7 Å². The first kappa shape index (κ1) is 15.1. The lowest BCUT2D eigenvalue weighted by molar-refractivity contribution is -0.148. The van der Waals surface area contributed by atoms with Crippen LogP contribution >= 0.6 is 0 Å². The standard InChI is InChI=1S/C4H8O3.C4H6O3/c2*1-2-3(5)4(6)7/h3,5H,2H2,1H3,(H,6,7);2H2,1H3,(H,6,7)/t3-;/m1./s1. The Morgan fingerprint density at radius 2 is 1.57 bits per heavy atom. The third-order valence-electron chi connectivity index (χ3n) is 1.23. The molecule has 0 amide bonds. The van der Waals surface area contributed by atoms with Crippen molar-refractivity contribution in [1.29, 1.82) is 0 Å². The van der Waals surface area contributed by atoms with E-state index >= 15 is 0 Å². The maximum Gasteiger partial charge on any atom is 0.372 e. The largest absolute Gasteiger partial charge is 0.479 e. The van der Waals surface area contributed by atoms with Crippen LogP contribution in [0.25, 0.3) is 0 Å². The molecular formula is C8H14O6. The molecule has 0 unspecified atom stereocenters. The molecule has 1 atom stereocenters. The summed E-state index contributed by atoms with van der Waals surface area (Å²) in [6.07, 6.45) is -0.829. The van der Waals surface area contributed by atoms with Gasteiger partial charge in [0.1, 0.15) is 0 Å². The third-order valence-corrected chi connectivity index (χ3v) is 1.23. The summed E-state index contributed by atoms with van der Waals surface area (Å²) in [6, 6.07) is 0. The molecule has 3 N–H and O–H groups in total. The molecule has 0 aromatic rings. The molecule has 0 aliphatic carbocycles. The molecule has 14 heavy (non-hydrogen) atoms. The minimum absolute atomic E-state index is 0.0787. The zero-order chi connectivity index (χ0) is 11.7. The van der Waals surface area contributed by atoms with Crippen molar-refractivity contribution in [2.45, 2.75) is 32.8 Å². The average molecular weight is 206 g/mol. The maximum atomic E-state index is 9.91. The van der Waals surface area contributed by atoms with Gasteiger partial charge in [0, 0.05) is 6.42 Å². The number of hydrogen-bond donors (Lipinski definition) is 3. The van der Waals surface area contributed by atoms with Crippen LogP contribution < -0.4 is 0 Å². The minimum atomic E-state index is -1.34. The Balaban J connectivity index is 0. The van der Waals surface area contributed by atoms with E-state index in [1.807, 2.05) is 0 Å². The molecule has 82 valence electrons. The second-order valence-corrected chi connectivity index (χ2v) is 2.34. The first-order valence-corrected chi connectivity index (χ1v) is 4.03. The van der Waals surface area contributed by atoms with Crippen LogP contribution in [-0.4, -0.2) is 39.1 Å². The number of aliphatic hydroxyl groups is 1. The molecular weight excluding hydrogens is 192 g/mol. The normalized spacial score (nSPS) is 10.8. The summed E-state index contributed by atoms with van der Waals surface area (Å²) in [7, 11) is 0. The van der Waals surface area contributed by atoms with E-state index in [1.165, 1.54) is 6.92 Å². The molecule has 0 saturated carbocycles. The average Bonchev–Trinajstić information content (AvgIpc) is 2.15. The van der Waals surface area contributed by atoms with Crippen molar-refractivity contribution in [2.75, 3.05) is 0 Å². The molecule has 6 nitrogen and oxygen atoms in total. The molecule has 0 radical (unpaired) electrons. The Bertz CT molecular complexity index is 210. The van der Waals surface area contributed by atoms with E-state index in [4.69, 9.17) is 15.3 Å². The van der Waals surface area contributed by atoms with Crippen molar-refractivity contribution < 1.29 is 29.7 Å². The summed E-state index contributed by atoms with van der Waals surface area (Å²) < 4.78 is 0. The number of ketones is 1. The number of carbonyl (C=O) groups excluding carboxylic acids is 1. The predicted octanol–water partition coefficient (Wildman–Crippen LogP) is -0.108. The Morgan fingerprint density at radius 1 is 1.14 bits per heavy atom. The van der Waals surface area contributed by atoms with E-state index in [0.717, 1.165) is 0 Å². The van der Waals surface area contributed by atoms with Gasteiger partial charge < -0.3 is 15.3 Å². The van der Waals surface area contributed by atoms with Gasteiger partial charge in [-0.15, -0.1) is 0 Å². The van der Waals surface area contributed by atoms with Gasteiger partial charge >= 0.3 is 11.9 Å². The number of carboxylic acids is 2. The first-order chi connectivity index (χ1) is 6.36. The van der Waals surface area contributed by atoms with Gasteiger partial charge in [-0.1, -0.05) is 13.8 Å². The SMILES string of the molecule is CCC(=O)C(=O)O.CC[C@@H](O)C(=O)O. The summed E-state index contributed by atoms with van der Waals surface area (Å²) >= 11 is 0. The molecule has 0 aromatic carbocycles. The van der Waals surface area contributed by atoms with Crippen LogP contribution in [0.15, 0.2) is 0 Å². The van der Waals surface area contributed by atoms with Crippen molar-refractivity contribution in [3.63, 3.8) is 0 Å². The smallest absolute Gasteiger partial charge is 0.372 e. The van der Waals surface area contributed by atoms with Gasteiger partial charge in [-0.25, -0.2) is 9.59 Å². The highest BCUT2D eigenvalue weighted by Crippen LogP contribution is 1.86. The zero-order valence-electron chi connectivity index (χ0n) is 8.06. The summed E-state index contributed by atoms with van der Waals surface area (Å²) in [4.78, 5) is 29.2. The van der Waals surface area contributed by atoms with Crippen molar-refractivity contribution in [1.82, 2.24) is 0 Å². The van der Waals surface area contributed by atoms with Crippen LogP contribution in [0.2, 0.25) is 0 Å². The van der Waals surface area contributed by atoms with Gasteiger partial charge in [0.05, 0.1) is 0 Å². The summed E-state index contributed by atoms with van der Waals surface area (Å²) in [5.41, 5.74) is 0. The highest BCUT2D eigenvalue weighted by atomic mass is 16.4. The van der Waals surface area contributed by atoms with Crippen LogP contribution in [0.4, 0.5) is 0 Å². The molecule has 0 aliphatic heterocycles. The molecule has 0 bridgehead atoms. The van der Waals surface area contributed by atoms with Gasteiger partial charge in [-0.3, -0.25) is 4.79 Å². The van der Waals surface area contributed by atoms with E-state index in [2.05, 4.69) is 0 Å². The number of aliphatic carboxylic acids is 2. The Morgan fingerprint density at radius 3 is 1.57 bits per heavy atom. The Labute approximate surface area is 81.2 Å². The van der Waals surface area contributed by atoms with Crippen LogP contribution in [-0.2, 0) is 14.4 Å².